The summed E-state index contributed by atoms with van der Waals surface area (Å²) in [5.74, 6) is -1.89. The van der Waals surface area contributed by atoms with E-state index in [1.807, 2.05) is 11.8 Å². The van der Waals surface area contributed by atoms with Gasteiger partial charge in [0.2, 0.25) is 16.5 Å². The largest absolute Gasteiger partial charge is 0.477 e. The molecule has 2 aliphatic rings. The number of aromatic carboxylic acids is 1. The second kappa shape index (κ2) is 11.2. The highest BCUT2D eigenvalue weighted by atomic mass is 32.1. The molecule has 3 N–H and O–H groups in total. The van der Waals surface area contributed by atoms with Crippen LogP contribution in [0.5, 0.6) is 0 Å². The van der Waals surface area contributed by atoms with Gasteiger partial charge in [-0.3, -0.25) is 14.7 Å². The van der Waals surface area contributed by atoms with Crippen molar-refractivity contribution in [3.63, 3.8) is 0 Å². The molecule has 0 spiro atoms. The van der Waals surface area contributed by atoms with Gasteiger partial charge in [-0.25, -0.2) is 14.2 Å². The van der Waals surface area contributed by atoms with Crippen LogP contribution in [-0.4, -0.2) is 100 Å². The number of hydrogen-bond donors (Lipinski definition) is 3. The van der Waals surface area contributed by atoms with E-state index < -0.39 is 29.0 Å². The summed E-state index contributed by atoms with van der Waals surface area (Å²) in [7, 11) is 0. The molecule has 0 bridgehead atoms. The standard InChI is InChI=1S/C23H28FN7O6S/c1-2-36-6-3-25-20(33)13-10-30(11-13)19-16(24)9-14-17(32)15(21(34)35)12-31(18(14)26-19)23-27-22(28-38-23)29-4-7-37-8-5-29/h9,12-13,20,25,33H,2-8,10-11H2,1H3,(H,34,35). The Morgan fingerprint density at radius 1 is 1.32 bits per heavy atom. The third-order valence-corrected chi connectivity index (χ3v) is 7.21. The number of aromatic nitrogens is 4. The van der Waals surface area contributed by atoms with E-state index >= 15 is 4.39 Å². The molecular formula is C23H28FN7O6S. The molecule has 0 aromatic carbocycles. The summed E-state index contributed by atoms with van der Waals surface area (Å²) in [4.78, 5) is 37.3. The minimum Gasteiger partial charge on any atom is -0.477 e. The Kier molecular flexibility index (Phi) is 7.80. The van der Waals surface area contributed by atoms with Gasteiger partial charge in [0, 0.05) is 63.0 Å². The number of anilines is 2. The van der Waals surface area contributed by atoms with E-state index in [-0.39, 0.29) is 22.8 Å². The zero-order valence-corrected chi connectivity index (χ0v) is 21.5. The third kappa shape index (κ3) is 5.19. The molecule has 2 fully saturated rings. The monoisotopic (exact) mass is 549 g/mol. The number of rotatable bonds is 10. The van der Waals surface area contributed by atoms with Gasteiger partial charge in [0.05, 0.1) is 25.2 Å². The van der Waals surface area contributed by atoms with E-state index in [4.69, 9.17) is 9.47 Å². The maximum absolute atomic E-state index is 15.2. The zero-order valence-electron chi connectivity index (χ0n) is 20.7. The zero-order chi connectivity index (χ0) is 26.8. The number of aliphatic hydroxyl groups is 1. The van der Waals surface area contributed by atoms with E-state index in [1.165, 1.54) is 4.57 Å². The van der Waals surface area contributed by atoms with E-state index in [1.54, 1.807) is 4.90 Å². The molecular weight excluding hydrogens is 521 g/mol. The Morgan fingerprint density at radius 2 is 2.08 bits per heavy atom. The summed E-state index contributed by atoms with van der Waals surface area (Å²) >= 11 is 1.02. The van der Waals surface area contributed by atoms with E-state index in [0.29, 0.717) is 70.2 Å². The molecule has 2 saturated heterocycles. The summed E-state index contributed by atoms with van der Waals surface area (Å²) in [5.41, 5.74) is -1.30. The van der Waals surface area contributed by atoms with Crippen molar-refractivity contribution in [2.45, 2.75) is 13.2 Å². The van der Waals surface area contributed by atoms with Crippen molar-refractivity contribution in [3.05, 3.63) is 33.9 Å². The lowest BCUT2D eigenvalue weighted by Gasteiger charge is -2.42. The normalized spacial score (nSPS) is 17.1. The van der Waals surface area contributed by atoms with Gasteiger partial charge in [-0.2, -0.15) is 9.36 Å². The molecule has 15 heteroatoms. The van der Waals surface area contributed by atoms with E-state index in [2.05, 4.69) is 19.7 Å². The van der Waals surface area contributed by atoms with Gasteiger partial charge >= 0.3 is 5.97 Å². The minimum atomic E-state index is -1.44. The molecule has 1 atom stereocenters. The molecule has 3 aromatic heterocycles. The molecule has 3 aromatic rings. The number of morpholine rings is 1. The summed E-state index contributed by atoms with van der Waals surface area (Å²) in [6.45, 7) is 6.42. The number of halogens is 1. The molecule has 0 aliphatic carbocycles. The van der Waals surface area contributed by atoms with Crippen LogP contribution < -0.4 is 20.5 Å². The number of carboxylic acid groups (broad SMARTS) is 1. The van der Waals surface area contributed by atoms with Crippen LogP contribution >= 0.6 is 11.5 Å². The average Bonchev–Trinajstić information content (AvgIpc) is 3.37. The lowest BCUT2D eigenvalue weighted by molar-refractivity contribution is 0.0485. The van der Waals surface area contributed by atoms with Crippen LogP contribution in [0.3, 0.4) is 0 Å². The maximum Gasteiger partial charge on any atom is 0.341 e. The second-order valence-corrected chi connectivity index (χ2v) is 9.68. The van der Waals surface area contributed by atoms with Gasteiger partial charge in [0.1, 0.15) is 11.8 Å². The maximum atomic E-state index is 15.2. The molecule has 204 valence electrons. The first kappa shape index (κ1) is 26.4. The van der Waals surface area contributed by atoms with Crippen molar-refractivity contribution in [2.24, 2.45) is 5.92 Å². The van der Waals surface area contributed by atoms with E-state index in [0.717, 1.165) is 23.8 Å². The SMILES string of the molecule is CCOCCNC(O)C1CN(c2nc3c(cc2F)c(=O)c(C(=O)O)cn3-c2nc(N3CCOCC3)ns2)C1. The average molecular weight is 550 g/mol. The highest BCUT2D eigenvalue weighted by Crippen LogP contribution is 2.30. The van der Waals surface area contributed by atoms with Crippen molar-refractivity contribution in [2.75, 3.05) is 69.0 Å². The Hall–Kier alpha value is -3.24. The number of fused-ring (bicyclic) bond motifs is 1. The quantitative estimate of drug-likeness (QED) is 0.235. The molecule has 5 heterocycles. The van der Waals surface area contributed by atoms with Gasteiger partial charge in [-0.15, -0.1) is 0 Å². The Labute approximate surface area is 220 Å². The van der Waals surface area contributed by atoms with Crippen LogP contribution in [0.2, 0.25) is 0 Å². The minimum absolute atomic E-state index is 0.00408. The van der Waals surface area contributed by atoms with Crippen LogP contribution in [0, 0.1) is 11.7 Å². The molecule has 2 aliphatic heterocycles. The van der Waals surface area contributed by atoms with Gasteiger partial charge in [0.25, 0.3) is 0 Å². The number of hydrogen-bond acceptors (Lipinski definition) is 12. The van der Waals surface area contributed by atoms with Crippen molar-refractivity contribution >= 4 is 40.3 Å². The molecule has 1 unspecified atom stereocenters. The number of aliphatic hydroxyl groups excluding tert-OH is 1. The first-order valence-corrected chi connectivity index (χ1v) is 13.0. The van der Waals surface area contributed by atoms with Crippen LogP contribution in [0.25, 0.3) is 16.2 Å². The summed E-state index contributed by atoms with van der Waals surface area (Å²) in [6.07, 6.45) is 0.363. The van der Waals surface area contributed by atoms with Gasteiger partial charge < -0.3 is 29.5 Å². The number of carbonyl (C=O) groups is 1. The van der Waals surface area contributed by atoms with Crippen LogP contribution in [0.1, 0.15) is 17.3 Å². The highest BCUT2D eigenvalue weighted by molar-refractivity contribution is 7.08. The summed E-state index contributed by atoms with van der Waals surface area (Å²) < 4.78 is 31.5. The molecule has 38 heavy (non-hydrogen) atoms. The van der Waals surface area contributed by atoms with Crippen molar-refractivity contribution in [3.8, 4) is 5.13 Å². The van der Waals surface area contributed by atoms with Crippen molar-refractivity contribution in [1.29, 1.82) is 0 Å². The molecule has 0 amide bonds. The molecule has 5 rings (SSSR count). The molecule has 13 nitrogen and oxygen atoms in total. The fraction of sp³-hybridized carbons (Fsp3) is 0.522. The van der Waals surface area contributed by atoms with Gasteiger partial charge in [0.15, 0.2) is 17.3 Å². The summed E-state index contributed by atoms with van der Waals surface area (Å²) in [5, 5.41) is 23.1. The van der Waals surface area contributed by atoms with Crippen molar-refractivity contribution in [1.82, 2.24) is 24.2 Å². The second-order valence-electron chi connectivity index (χ2n) is 8.95. The van der Waals surface area contributed by atoms with E-state index in [9.17, 15) is 19.8 Å². The Balaban J connectivity index is 1.45. The summed E-state index contributed by atoms with van der Waals surface area (Å²) in [6, 6.07) is 1.01. The fourth-order valence-electron chi connectivity index (χ4n) is 4.41. The van der Waals surface area contributed by atoms with Crippen molar-refractivity contribution < 1.29 is 28.9 Å². The Morgan fingerprint density at radius 3 is 2.79 bits per heavy atom. The third-order valence-electron chi connectivity index (χ3n) is 6.51. The number of ether oxygens (including phenoxy) is 2. The fourth-order valence-corrected chi connectivity index (χ4v) is 5.08. The predicted molar refractivity (Wildman–Crippen MR) is 137 cm³/mol. The topological polar surface area (TPSA) is 155 Å². The smallest absolute Gasteiger partial charge is 0.341 e. The van der Waals surface area contributed by atoms with Crippen LogP contribution in [0.15, 0.2) is 17.1 Å². The van der Waals surface area contributed by atoms with Crippen LogP contribution in [0.4, 0.5) is 16.2 Å². The number of carboxylic acids is 1. The van der Waals surface area contributed by atoms with Crippen LogP contribution in [-0.2, 0) is 9.47 Å². The first-order chi connectivity index (χ1) is 18.4. The Bertz CT molecular complexity index is 1370. The first-order valence-electron chi connectivity index (χ1n) is 12.3. The highest BCUT2D eigenvalue weighted by Gasteiger charge is 2.35. The van der Waals surface area contributed by atoms with Gasteiger partial charge in [-0.05, 0) is 13.0 Å². The lowest BCUT2D eigenvalue weighted by atomic mass is 9.98. The molecule has 0 saturated carbocycles. The number of nitrogens with zero attached hydrogens (tertiary/aromatic N) is 6. The van der Waals surface area contributed by atoms with Gasteiger partial charge in [-0.1, -0.05) is 0 Å². The predicted octanol–water partition coefficient (Wildman–Crippen LogP) is 0.292. The lowest BCUT2D eigenvalue weighted by Crippen LogP contribution is -2.56. The molecule has 0 radical (unpaired) electrons. The number of nitrogens with one attached hydrogen (secondary N) is 1. The number of pyridine rings is 2.